The topological polar surface area (TPSA) is 73.6 Å². The van der Waals surface area contributed by atoms with Gasteiger partial charge in [-0.15, -0.1) is 0 Å². The first-order valence-electron chi connectivity index (χ1n) is 7.50. The van der Waals surface area contributed by atoms with Gasteiger partial charge < -0.3 is 20.5 Å². The average Bonchev–Trinajstić information content (AvgIpc) is 2.42. The Morgan fingerprint density at radius 1 is 1.38 bits per heavy atom. The lowest BCUT2D eigenvalue weighted by Gasteiger charge is -2.24. The molecule has 3 N–H and O–H groups in total. The molecule has 1 aromatic rings. The van der Waals surface area contributed by atoms with Crippen molar-refractivity contribution in [1.29, 1.82) is 0 Å². The molecule has 0 aromatic heterocycles. The number of methoxy groups -OCH3 is 1. The number of carbonyl (C=O) groups excluding carboxylic acids is 1. The lowest BCUT2D eigenvalue weighted by atomic mass is 9.83. The summed E-state index contributed by atoms with van der Waals surface area (Å²) in [4.78, 5) is 11.9. The fourth-order valence-electron chi connectivity index (χ4n) is 2.32. The van der Waals surface area contributed by atoms with E-state index in [1.165, 1.54) is 19.3 Å². The van der Waals surface area contributed by atoms with Crippen LogP contribution in [0.4, 0.5) is 11.4 Å². The summed E-state index contributed by atoms with van der Waals surface area (Å²) in [5.41, 5.74) is 6.91. The first-order chi connectivity index (χ1) is 10.2. The average molecular weight is 292 g/mol. The van der Waals surface area contributed by atoms with Crippen molar-refractivity contribution in [1.82, 2.24) is 0 Å². The van der Waals surface area contributed by atoms with Crippen molar-refractivity contribution < 1.29 is 14.3 Å². The van der Waals surface area contributed by atoms with Crippen LogP contribution in [0.25, 0.3) is 0 Å². The molecule has 116 valence electrons. The predicted molar refractivity (Wildman–Crippen MR) is 83.4 cm³/mol. The maximum absolute atomic E-state index is 11.9. The summed E-state index contributed by atoms with van der Waals surface area (Å²) in [5.74, 6) is 1.33. The van der Waals surface area contributed by atoms with E-state index in [0.29, 0.717) is 30.2 Å². The minimum absolute atomic E-state index is 0.0817. The van der Waals surface area contributed by atoms with Gasteiger partial charge in [-0.2, -0.15) is 0 Å². The summed E-state index contributed by atoms with van der Waals surface area (Å²) in [6.45, 7) is 1.21. The van der Waals surface area contributed by atoms with Crippen LogP contribution in [0, 0.1) is 5.92 Å². The Morgan fingerprint density at radius 3 is 2.86 bits per heavy atom. The van der Waals surface area contributed by atoms with Crippen LogP contribution in [0.5, 0.6) is 5.75 Å². The number of nitrogens with one attached hydrogen (secondary N) is 1. The molecule has 1 aliphatic rings. The molecule has 21 heavy (non-hydrogen) atoms. The lowest BCUT2D eigenvalue weighted by Crippen LogP contribution is -2.17. The van der Waals surface area contributed by atoms with Crippen LogP contribution in [0.1, 0.15) is 32.1 Å². The van der Waals surface area contributed by atoms with E-state index >= 15 is 0 Å². The third-order valence-corrected chi connectivity index (χ3v) is 3.87. The molecule has 0 heterocycles. The van der Waals surface area contributed by atoms with E-state index in [-0.39, 0.29) is 5.91 Å². The summed E-state index contributed by atoms with van der Waals surface area (Å²) in [7, 11) is 1.55. The normalized spacial score (nSPS) is 14.5. The number of amides is 1. The number of hydrogen-bond acceptors (Lipinski definition) is 4. The van der Waals surface area contributed by atoms with Crippen molar-refractivity contribution in [3.8, 4) is 5.75 Å². The van der Waals surface area contributed by atoms with Gasteiger partial charge in [-0.1, -0.05) is 19.3 Å². The molecule has 0 spiro atoms. The van der Waals surface area contributed by atoms with Gasteiger partial charge in [0.05, 0.1) is 25.8 Å². The molecule has 0 bridgehead atoms. The van der Waals surface area contributed by atoms with Gasteiger partial charge in [-0.05, 0) is 24.5 Å². The van der Waals surface area contributed by atoms with E-state index in [1.807, 2.05) is 0 Å². The molecule has 0 aliphatic heterocycles. The molecule has 0 saturated heterocycles. The van der Waals surface area contributed by atoms with Crippen molar-refractivity contribution >= 4 is 17.3 Å². The Bertz CT molecular complexity index is 473. The monoisotopic (exact) mass is 292 g/mol. The maximum atomic E-state index is 11.9. The third-order valence-electron chi connectivity index (χ3n) is 3.87. The van der Waals surface area contributed by atoms with Crippen LogP contribution in [0.15, 0.2) is 18.2 Å². The Morgan fingerprint density at radius 2 is 2.19 bits per heavy atom. The summed E-state index contributed by atoms with van der Waals surface area (Å²) < 4.78 is 10.7. The van der Waals surface area contributed by atoms with Crippen LogP contribution in [0.2, 0.25) is 0 Å². The molecule has 1 aromatic carbocycles. The molecule has 5 nitrogen and oxygen atoms in total. The van der Waals surface area contributed by atoms with Gasteiger partial charge in [0.2, 0.25) is 5.91 Å². The molecule has 0 unspecified atom stereocenters. The fraction of sp³-hybridized carbons (Fsp3) is 0.562. The van der Waals surface area contributed by atoms with Crippen LogP contribution >= 0.6 is 0 Å². The molecule has 1 amide bonds. The largest absolute Gasteiger partial charge is 0.494 e. The second-order valence-electron chi connectivity index (χ2n) is 5.46. The highest BCUT2D eigenvalue weighted by molar-refractivity contribution is 5.92. The lowest BCUT2D eigenvalue weighted by molar-refractivity contribution is -0.117. The number of hydrogen-bond donors (Lipinski definition) is 2. The number of benzene rings is 1. The maximum Gasteiger partial charge on any atom is 0.226 e. The van der Waals surface area contributed by atoms with Crippen molar-refractivity contribution in [3.63, 3.8) is 0 Å². The van der Waals surface area contributed by atoms with Crippen molar-refractivity contribution in [2.75, 3.05) is 31.4 Å². The van der Waals surface area contributed by atoms with Crippen molar-refractivity contribution in [3.05, 3.63) is 18.2 Å². The number of nitrogen functional groups attached to an aromatic ring is 1. The molecule has 5 heteroatoms. The van der Waals surface area contributed by atoms with Crippen LogP contribution in [-0.2, 0) is 9.53 Å². The van der Waals surface area contributed by atoms with E-state index in [2.05, 4.69) is 5.32 Å². The third kappa shape index (κ3) is 4.93. The van der Waals surface area contributed by atoms with E-state index in [1.54, 1.807) is 25.3 Å². The molecule has 0 atom stereocenters. The van der Waals surface area contributed by atoms with Crippen molar-refractivity contribution in [2.45, 2.75) is 32.1 Å². The number of rotatable bonds is 8. The van der Waals surface area contributed by atoms with E-state index in [0.717, 1.165) is 18.9 Å². The van der Waals surface area contributed by atoms with Gasteiger partial charge in [0.1, 0.15) is 5.75 Å². The number of anilines is 2. The van der Waals surface area contributed by atoms with Crippen LogP contribution in [-0.4, -0.2) is 26.2 Å². The van der Waals surface area contributed by atoms with Gasteiger partial charge in [0.25, 0.3) is 0 Å². The minimum atomic E-state index is -0.0817. The molecule has 0 radical (unpaired) electrons. The molecule has 1 aliphatic carbocycles. The predicted octanol–water partition coefficient (Wildman–Crippen LogP) is 2.81. The number of carbonyl (C=O) groups is 1. The second kappa shape index (κ2) is 7.88. The number of nitrogens with two attached hydrogens (primary N) is 1. The minimum Gasteiger partial charge on any atom is -0.494 e. The van der Waals surface area contributed by atoms with E-state index < -0.39 is 0 Å². The van der Waals surface area contributed by atoms with E-state index in [9.17, 15) is 4.79 Å². The number of ether oxygens (including phenoxy) is 2. The van der Waals surface area contributed by atoms with E-state index in [4.69, 9.17) is 15.2 Å². The van der Waals surface area contributed by atoms with Crippen LogP contribution < -0.4 is 15.8 Å². The van der Waals surface area contributed by atoms with Gasteiger partial charge in [0, 0.05) is 18.4 Å². The van der Waals surface area contributed by atoms with Crippen LogP contribution in [0.3, 0.4) is 0 Å². The highest BCUT2D eigenvalue weighted by Crippen LogP contribution is 2.29. The summed E-state index contributed by atoms with van der Waals surface area (Å²) >= 11 is 0. The molecule has 1 saturated carbocycles. The zero-order chi connectivity index (χ0) is 15.1. The van der Waals surface area contributed by atoms with Gasteiger partial charge in [-0.3, -0.25) is 4.79 Å². The Labute approximate surface area is 125 Å². The Hall–Kier alpha value is -1.75. The zero-order valence-corrected chi connectivity index (χ0v) is 12.6. The Kier molecular flexibility index (Phi) is 5.87. The standard InChI is InChI=1S/C16H24N2O3/c1-20-15-11-13(17)5-6-14(15)18-16(19)8-10-21-9-7-12-3-2-4-12/h5-6,11-12H,2-4,7-10,17H2,1H3,(H,18,19). The smallest absolute Gasteiger partial charge is 0.226 e. The molecular formula is C16H24N2O3. The van der Waals surface area contributed by atoms with Gasteiger partial charge in [-0.25, -0.2) is 0 Å². The quantitative estimate of drug-likeness (QED) is 0.571. The van der Waals surface area contributed by atoms with Gasteiger partial charge in [0.15, 0.2) is 0 Å². The highest BCUT2D eigenvalue weighted by atomic mass is 16.5. The summed E-state index contributed by atoms with van der Waals surface area (Å²) in [6.07, 6.45) is 5.49. The first kappa shape index (κ1) is 15.6. The Balaban J connectivity index is 1.66. The first-order valence-corrected chi connectivity index (χ1v) is 7.50. The second-order valence-corrected chi connectivity index (χ2v) is 5.46. The summed E-state index contributed by atoms with van der Waals surface area (Å²) in [5, 5.41) is 2.81. The van der Waals surface area contributed by atoms with Gasteiger partial charge >= 0.3 is 0 Å². The van der Waals surface area contributed by atoms with Crippen molar-refractivity contribution in [2.24, 2.45) is 5.92 Å². The zero-order valence-electron chi connectivity index (χ0n) is 12.6. The highest BCUT2D eigenvalue weighted by Gasteiger charge is 2.16. The molecule has 1 fully saturated rings. The summed E-state index contributed by atoms with van der Waals surface area (Å²) in [6, 6.07) is 5.15. The molecule has 2 rings (SSSR count). The SMILES string of the molecule is COc1cc(N)ccc1NC(=O)CCOCCC1CCC1. The molecular weight excluding hydrogens is 268 g/mol. The fourth-order valence-corrected chi connectivity index (χ4v) is 2.32.